The molecule has 5 heteroatoms. The highest BCUT2D eigenvalue weighted by atomic mass is 16.5. The van der Waals surface area contributed by atoms with Gasteiger partial charge in [-0.15, -0.1) is 0 Å². The molecule has 0 aliphatic rings. The molecule has 1 heterocycles. The fraction of sp³-hybridized carbons (Fsp3) is 0.308. The molecule has 0 saturated carbocycles. The van der Waals surface area contributed by atoms with Gasteiger partial charge in [-0.1, -0.05) is 42.2 Å². The molecule has 0 atom stereocenters. The van der Waals surface area contributed by atoms with Crippen LogP contribution < -0.4 is 4.74 Å². The smallest absolute Gasteiger partial charge is 0.138 e. The molecule has 0 aliphatic carbocycles. The molecule has 5 nitrogen and oxygen atoms in total. The Morgan fingerprint density at radius 2 is 1.90 bits per heavy atom. The zero-order valence-corrected chi connectivity index (χ0v) is 18.7. The Balaban J connectivity index is 1.53. The zero-order valence-electron chi connectivity index (χ0n) is 18.7. The number of allylic oxidation sites excluding steroid dienone is 1. The Morgan fingerprint density at radius 3 is 2.68 bits per heavy atom. The Morgan fingerprint density at radius 1 is 1.10 bits per heavy atom. The summed E-state index contributed by atoms with van der Waals surface area (Å²) in [5.74, 6) is 7.19. The van der Waals surface area contributed by atoms with Gasteiger partial charge in [0.2, 0.25) is 0 Å². The fourth-order valence-electron chi connectivity index (χ4n) is 2.96. The summed E-state index contributed by atoms with van der Waals surface area (Å²) < 4.78 is 7.77. The van der Waals surface area contributed by atoms with Gasteiger partial charge in [0.1, 0.15) is 25.0 Å². The van der Waals surface area contributed by atoms with Crippen molar-refractivity contribution in [2.75, 3.05) is 13.6 Å². The fourth-order valence-corrected chi connectivity index (χ4v) is 2.96. The lowest BCUT2D eigenvalue weighted by molar-refractivity contribution is 0.304. The van der Waals surface area contributed by atoms with Crippen LogP contribution in [-0.4, -0.2) is 33.3 Å². The Hall–Kier alpha value is -3.36. The van der Waals surface area contributed by atoms with E-state index in [4.69, 9.17) is 4.74 Å². The number of likely N-dealkylation sites (N-methyl/N-ethyl adjacent to an activating group) is 1. The van der Waals surface area contributed by atoms with Crippen molar-refractivity contribution in [3.63, 3.8) is 0 Å². The third-order valence-corrected chi connectivity index (χ3v) is 4.42. The predicted molar refractivity (Wildman–Crippen MR) is 125 cm³/mol. The second kappa shape index (κ2) is 10.6. The van der Waals surface area contributed by atoms with Crippen LogP contribution in [0.4, 0.5) is 0 Å². The van der Waals surface area contributed by atoms with Gasteiger partial charge in [-0.05, 0) is 69.3 Å². The van der Waals surface area contributed by atoms with Crippen molar-refractivity contribution < 1.29 is 4.74 Å². The lowest BCUT2D eigenvalue weighted by atomic mass is 9.98. The molecular weight excluding hydrogens is 384 g/mol. The van der Waals surface area contributed by atoms with Crippen molar-refractivity contribution in [1.82, 2.24) is 19.7 Å². The molecule has 0 spiro atoms. The van der Waals surface area contributed by atoms with E-state index in [-0.39, 0.29) is 5.41 Å². The Bertz CT molecular complexity index is 1050. The molecule has 3 rings (SSSR count). The van der Waals surface area contributed by atoms with Gasteiger partial charge in [-0.25, -0.2) is 9.67 Å². The van der Waals surface area contributed by atoms with Crippen LogP contribution in [0.3, 0.4) is 0 Å². The van der Waals surface area contributed by atoms with E-state index in [1.807, 2.05) is 36.4 Å². The number of hydrogen-bond acceptors (Lipinski definition) is 4. The highest BCUT2D eigenvalue weighted by Gasteiger charge is 2.04. The summed E-state index contributed by atoms with van der Waals surface area (Å²) in [5.41, 5.74) is 3.30. The topological polar surface area (TPSA) is 43.2 Å². The summed E-state index contributed by atoms with van der Waals surface area (Å²) >= 11 is 0. The standard InChI is InChI=1S/C26H30N4O/c1-26(2,3)14-6-5-7-15-29(4)18-22-10-9-13-25(17-22)31-19-23-11-8-12-24(16-23)30-21-27-20-28-30/h5,7-13,16-17,20-21H,15,18-19H2,1-4H3. The maximum Gasteiger partial charge on any atom is 0.138 e. The number of benzene rings is 2. The largest absolute Gasteiger partial charge is 0.489 e. The van der Waals surface area contributed by atoms with Crippen LogP contribution in [0.15, 0.2) is 73.3 Å². The van der Waals surface area contributed by atoms with Gasteiger partial charge in [0.05, 0.1) is 5.69 Å². The third-order valence-electron chi connectivity index (χ3n) is 4.42. The first-order valence-corrected chi connectivity index (χ1v) is 10.4. The molecule has 0 bridgehead atoms. The maximum absolute atomic E-state index is 6.04. The van der Waals surface area contributed by atoms with E-state index in [0.717, 1.165) is 30.1 Å². The first-order chi connectivity index (χ1) is 14.9. The molecule has 0 radical (unpaired) electrons. The third kappa shape index (κ3) is 7.76. The molecule has 3 aromatic rings. The van der Waals surface area contributed by atoms with Crippen molar-refractivity contribution in [3.05, 3.63) is 84.5 Å². The molecule has 1 aromatic heterocycles. The van der Waals surface area contributed by atoms with E-state index in [1.165, 1.54) is 11.9 Å². The van der Waals surface area contributed by atoms with Gasteiger partial charge >= 0.3 is 0 Å². The van der Waals surface area contributed by atoms with E-state index >= 15 is 0 Å². The molecular formula is C26H30N4O. The average molecular weight is 415 g/mol. The Labute approximate surface area is 185 Å². The minimum Gasteiger partial charge on any atom is -0.489 e. The monoisotopic (exact) mass is 414 g/mol. The van der Waals surface area contributed by atoms with Crippen molar-refractivity contribution in [2.24, 2.45) is 5.41 Å². The highest BCUT2D eigenvalue weighted by Crippen LogP contribution is 2.17. The second-order valence-electron chi connectivity index (χ2n) is 8.56. The van der Waals surface area contributed by atoms with Crippen molar-refractivity contribution in [2.45, 2.75) is 33.9 Å². The average Bonchev–Trinajstić information content (AvgIpc) is 3.27. The molecule has 2 aromatic carbocycles. The number of ether oxygens (including phenoxy) is 1. The van der Waals surface area contributed by atoms with Gasteiger partial charge in [-0.2, -0.15) is 5.10 Å². The van der Waals surface area contributed by atoms with Crippen molar-refractivity contribution >= 4 is 0 Å². The van der Waals surface area contributed by atoms with Crippen LogP contribution in [0.5, 0.6) is 5.75 Å². The normalized spacial score (nSPS) is 11.5. The van der Waals surface area contributed by atoms with Gasteiger partial charge < -0.3 is 4.74 Å². The molecule has 160 valence electrons. The molecule has 0 unspecified atom stereocenters. The summed E-state index contributed by atoms with van der Waals surface area (Å²) in [6.45, 7) is 8.53. The van der Waals surface area contributed by atoms with E-state index in [1.54, 1.807) is 11.0 Å². The van der Waals surface area contributed by atoms with Crippen LogP contribution in [0.1, 0.15) is 31.9 Å². The molecule has 0 N–H and O–H groups in total. The van der Waals surface area contributed by atoms with Crippen LogP contribution in [-0.2, 0) is 13.2 Å². The van der Waals surface area contributed by atoms with Crippen LogP contribution in [0.25, 0.3) is 5.69 Å². The number of nitrogens with zero attached hydrogens (tertiary/aromatic N) is 4. The number of rotatable bonds is 8. The first kappa shape index (κ1) is 22.3. The minimum atomic E-state index is 0.0361. The van der Waals surface area contributed by atoms with Crippen molar-refractivity contribution in [3.8, 4) is 23.3 Å². The van der Waals surface area contributed by atoms with E-state index in [0.29, 0.717) is 6.61 Å². The quantitative estimate of drug-likeness (QED) is 0.493. The number of aromatic nitrogens is 3. The second-order valence-corrected chi connectivity index (χ2v) is 8.56. The number of hydrogen-bond donors (Lipinski definition) is 0. The molecule has 0 fully saturated rings. The van der Waals surface area contributed by atoms with E-state index in [2.05, 4.69) is 78.9 Å². The molecule has 0 saturated heterocycles. The summed E-state index contributed by atoms with van der Waals surface area (Å²) in [6.07, 6.45) is 7.25. The van der Waals surface area contributed by atoms with Crippen LogP contribution in [0.2, 0.25) is 0 Å². The van der Waals surface area contributed by atoms with Crippen LogP contribution >= 0.6 is 0 Å². The summed E-state index contributed by atoms with van der Waals surface area (Å²) in [6, 6.07) is 16.4. The zero-order chi connectivity index (χ0) is 22.1. The predicted octanol–water partition coefficient (Wildman–Crippen LogP) is 4.88. The summed E-state index contributed by atoms with van der Waals surface area (Å²) in [7, 11) is 2.10. The minimum absolute atomic E-state index is 0.0361. The van der Waals surface area contributed by atoms with Gasteiger partial charge in [-0.3, -0.25) is 4.90 Å². The Kier molecular flexibility index (Phi) is 7.64. The summed E-state index contributed by atoms with van der Waals surface area (Å²) in [5, 5.41) is 4.18. The first-order valence-electron chi connectivity index (χ1n) is 10.4. The van der Waals surface area contributed by atoms with Gasteiger partial charge in [0.25, 0.3) is 0 Å². The van der Waals surface area contributed by atoms with Crippen molar-refractivity contribution in [1.29, 1.82) is 0 Å². The molecule has 31 heavy (non-hydrogen) atoms. The summed E-state index contributed by atoms with van der Waals surface area (Å²) in [4.78, 5) is 6.24. The lowest BCUT2D eigenvalue weighted by Gasteiger charge is -2.15. The molecule has 0 amide bonds. The van der Waals surface area contributed by atoms with E-state index in [9.17, 15) is 0 Å². The lowest BCUT2D eigenvalue weighted by Crippen LogP contribution is -2.17. The van der Waals surface area contributed by atoms with Gasteiger partial charge in [0, 0.05) is 18.5 Å². The highest BCUT2D eigenvalue weighted by molar-refractivity contribution is 5.35. The maximum atomic E-state index is 6.04. The SMILES string of the molecule is CN(CC=CC#CC(C)(C)C)Cc1cccc(OCc2cccc(-n3cncn3)c2)c1. The van der Waals surface area contributed by atoms with Gasteiger partial charge in [0.15, 0.2) is 0 Å². The van der Waals surface area contributed by atoms with E-state index < -0.39 is 0 Å². The van der Waals surface area contributed by atoms with Crippen LogP contribution in [0, 0.1) is 17.3 Å². The molecule has 0 aliphatic heterocycles.